The van der Waals surface area contributed by atoms with E-state index in [0.717, 1.165) is 35.5 Å². The highest BCUT2D eigenvalue weighted by molar-refractivity contribution is 5.67. The van der Waals surface area contributed by atoms with Crippen LogP contribution in [0.3, 0.4) is 0 Å². The number of H-pyrrole nitrogens is 1. The molecule has 0 radical (unpaired) electrons. The maximum atomic E-state index is 14.0. The molecular formula is C30H28N4O4. The summed E-state index contributed by atoms with van der Waals surface area (Å²) < 4.78 is 8.07. The van der Waals surface area contributed by atoms with Gasteiger partial charge in [-0.2, -0.15) is 0 Å². The molecule has 3 N–H and O–H groups in total. The maximum Gasteiger partial charge on any atom is 0.276 e. The van der Waals surface area contributed by atoms with Crippen LogP contribution in [0.5, 0.6) is 11.5 Å². The van der Waals surface area contributed by atoms with Crippen molar-refractivity contribution >= 4 is 5.65 Å². The molecule has 4 heterocycles. The molecule has 2 bridgehead atoms. The van der Waals surface area contributed by atoms with Crippen molar-refractivity contribution in [1.29, 1.82) is 0 Å². The van der Waals surface area contributed by atoms with Crippen molar-refractivity contribution in [3.8, 4) is 22.8 Å². The molecule has 2 aliphatic heterocycles. The summed E-state index contributed by atoms with van der Waals surface area (Å²) >= 11 is 0. The second-order valence-corrected chi connectivity index (χ2v) is 11.9. The molecule has 1 saturated carbocycles. The van der Waals surface area contributed by atoms with E-state index in [-0.39, 0.29) is 23.8 Å². The highest BCUT2D eigenvalue weighted by Gasteiger charge is 2.73. The van der Waals surface area contributed by atoms with Crippen LogP contribution in [0.15, 0.2) is 53.3 Å². The van der Waals surface area contributed by atoms with Crippen LogP contribution in [-0.2, 0) is 18.3 Å². The highest BCUT2D eigenvalue weighted by Crippen LogP contribution is 2.68. The number of aliphatic hydroxyl groups is 1. The smallest absolute Gasteiger partial charge is 0.276 e. The quantitative estimate of drug-likeness (QED) is 0.393. The van der Waals surface area contributed by atoms with Crippen molar-refractivity contribution in [1.82, 2.24) is 19.5 Å². The lowest BCUT2D eigenvalue weighted by atomic mass is 9.49. The number of nitrogens with zero attached hydrogens (tertiary/aromatic N) is 3. The van der Waals surface area contributed by atoms with E-state index in [9.17, 15) is 15.0 Å². The van der Waals surface area contributed by atoms with Crippen molar-refractivity contribution in [2.24, 2.45) is 5.92 Å². The summed E-state index contributed by atoms with van der Waals surface area (Å²) in [5.74, 6) is 1.23. The minimum Gasteiger partial charge on any atom is -0.504 e. The van der Waals surface area contributed by atoms with Crippen LogP contribution in [0.2, 0.25) is 0 Å². The summed E-state index contributed by atoms with van der Waals surface area (Å²) in [7, 11) is 0. The molecule has 192 valence electrons. The largest absolute Gasteiger partial charge is 0.504 e. The summed E-state index contributed by atoms with van der Waals surface area (Å²) in [6.45, 7) is 1.84. The SMILES string of the molecule is O=c1c2c(nc3cc(-c4ccccc4)[nH]n13)[C@@H]1Oc3c(O)ccc4c3[C@@]13CCN(CC1CC1)[C@@H](C4)[C@]3(O)C2. The fourth-order valence-electron chi connectivity index (χ4n) is 8.15. The Balaban J connectivity index is 1.29. The molecule has 5 aliphatic rings. The molecule has 2 aromatic heterocycles. The first kappa shape index (κ1) is 21.3. The van der Waals surface area contributed by atoms with Crippen molar-refractivity contribution < 1.29 is 14.9 Å². The van der Waals surface area contributed by atoms with Gasteiger partial charge < -0.3 is 14.9 Å². The highest BCUT2D eigenvalue weighted by atomic mass is 16.5. The number of nitrogens with one attached hydrogen (secondary N) is 1. The van der Waals surface area contributed by atoms with Crippen LogP contribution in [-0.4, -0.2) is 54.4 Å². The summed E-state index contributed by atoms with van der Waals surface area (Å²) in [4.78, 5) is 21.5. The second-order valence-electron chi connectivity index (χ2n) is 11.9. The number of phenols is 1. The van der Waals surface area contributed by atoms with E-state index in [1.165, 1.54) is 17.4 Å². The molecule has 0 amide bonds. The number of hydrogen-bond donors (Lipinski definition) is 3. The standard InChI is InChI=1S/C30H28N4O4/c35-21-9-8-18-12-22-30(37)14-19-25(31-23-13-20(32-34(23)28(19)36)17-4-2-1-3-5-17)27-29(30,24(18)26(21)38-27)10-11-33(22)15-16-6-7-16/h1-5,8-9,13,16,22,27,32,35,37H,6-7,10-12,14-15H2/t22-,27-,29-,30+/m0/s1. The van der Waals surface area contributed by atoms with E-state index >= 15 is 0 Å². The monoisotopic (exact) mass is 508 g/mol. The van der Waals surface area contributed by atoms with Crippen molar-refractivity contribution in [3.05, 3.63) is 81.3 Å². The second kappa shape index (κ2) is 6.87. The average molecular weight is 509 g/mol. The van der Waals surface area contributed by atoms with Crippen LogP contribution in [0.1, 0.15) is 47.8 Å². The van der Waals surface area contributed by atoms with Gasteiger partial charge in [-0.3, -0.25) is 14.8 Å². The number of aromatic nitrogens is 3. The summed E-state index contributed by atoms with van der Waals surface area (Å²) in [6.07, 6.45) is 3.46. The molecule has 4 atom stereocenters. The summed E-state index contributed by atoms with van der Waals surface area (Å²) in [5, 5.41) is 26.9. The number of aromatic hydroxyl groups is 1. The Kier molecular flexibility index (Phi) is 3.86. The Morgan fingerprint density at radius 2 is 2.00 bits per heavy atom. The Labute approximate surface area is 218 Å². The van der Waals surface area contributed by atoms with Gasteiger partial charge >= 0.3 is 0 Å². The van der Waals surface area contributed by atoms with Gasteiger partial charge in [-0.1, -0.05) is 36.4 Å². The van der Waals surface area contributed by atoms with Crippen LogP contribution < -0.4 is 10.3 Å². The van der Waals surface area contributed by atoms with Gasteiger partial charge in [-0.05, 0) is 55.3 Å². The minimum atomic E-state index is -1.20. The molecular weight excluding hydrogens is 480 g/mol. The molecule has 8 nitrogen and oxygen atoms in total. The lowest BCUT2D eigenvalue weighted by Crippen LogP contribution is -2.75. The predicted octanol–water partition coefficient (Wildman–Crippen LogP) is 3.09. The Bertz CT molecular complexity index is 1720. The van der Waals surface area contributed by atoms with Crippen molar-refractivity contribution in [2.45, 2.75) is 55.3 Å². The molecule has 1 spiro atoms. The zero-order valence-electron chi connectivity index (χ0n) is 20.9. The lowest BCUT2D eigenvalue weighted by molar-refractivity contribution is -0.173. The first-order valence-corrected chi connectivity index (χ1v) is 13.7. The van der Waals surface area contributed by atoms with Crippen molar-refractivity contribution in [3.63, 3.8) is 0 Å². The molecule has 8 heteroatoms. The fraction of sp³-hybridized carbons (Fsp3) is 0.400. The van der Waals surface area contributed by atoms with Gasteiger partial charge in [0.2, 0.25) is 0 Å². The van der Waals surface area contributed by atoms with Gasteiger partial charge in [-0.15, -0.1) is 0 Å². The number of aromatic amines is 1. The maximum absolute atomic E-state index is 14.0. The Morgan fingerprint density at radius 1 is 1.16 bits per heavy atom. The molecule has 2 fully saturated rings. The number of rotatable bonds is 3. The van der Waals surface area contributed by atoms with E-state index in [4.69, 9.17) is 9.72 Å². The number of phenolic OH excluding ortho intramolecular Hbond substituents is 1. The molecule has 1 saturated heterocycles. The normalized spacial score (nSPS) is 30.7. The molecule has 38 heavy (non-hydrogen) atoms. The summed E-state index contributed by atoms with van der Waals surface area (Å²) in [5.41, 5.74) is 3.30. The van der Waals surface area contributed by atoms with Gasteiger partial charge in [0.1, 0.15) is 0 Å². The van der Waals surface area contributed by atoms with Gasteiger partial charge in [0, 0.05) is 36.2 Å². The van der Waals surface area contributed by atoms with E-state index in [1.54, 1.807) is 6.07 Å². The predicted molar refractivity (Wildman–Crippen MR) is 139 cm³/mol. The third-order valence-corrected chi connectivity index (χ3v) is 10.0. The number of likely N-dealkylation sites (tertiary alicyclic amines) is 1. The first-order valence-electron chi connectivity index (χ1n) is 13.7. The zero-order chi connectivity index (χ0) is 25.4. The number of ether oxygens (including phenoxy) is 1. The Hall–Kier alpha value is -3.62. The fourth-order valence-corrected chi connectivity index (χ4v) is 8.15. The third kappa shape index (κ3) is 2.44. The van der Waals surface area contributed by atoms with E-state index in [0.29, 0.717) is 41.4 Å². The number of benzene rings is 2. The molecule has 2 aromatic carbocycles. The van der Waals surface area contributed by atoms with E-state index in [1.807, 2.05) is 42.5 Å². The number of piperidine rings is 1. The minimum absolute atomic E-state index is 0.0843. The molecule has 0 unspecified atom stereocenters. The van der Waals surface area contributed by atoms with Crippen LogP contribution in [0, 0.1) is 5.92 Å². The molecule has 3 aliphatic carbocycles. The van der Waals surface area contributed by atoms with Crippen LogP contribution in [0.25, 0.3) is 16.9 Å². The third-order valence-electron chi connectivity index (χ3n) is 10.0. The number of fused-ring (bicyclic) bond motifs is 3. The Morgan fingerprint density at radius 3 is 2.82 bits per heavy atom. The van der Waals surface area contributed by atoms with Gasteiger partial charge in [0.05, 0.1) is 22.4 Å². The molecule has 9 rings (SSSR count). The zero-order valence-corrected chi connectivity index (χ0v) is 20.9. The summed E-state index contributed by atoms with van der Waals surface area (Å²) in [6, 6.07) is 15.3. The van der Waals surface area contributed by atoms with E-state index in [2.05, 4.69) is 10.00 Å². The van der Waals surface area contributed by atoms with Gasteiger partial charge in [0.15, 0.2) is 23.3 Å². The van der Waals surface area contributed by atoms with Crippen molar-refractivity contribution in [2.75, 3.05) is 13.1 Å². The van der Waals surface area contributed by atoms with Crippen LogP contribution in [0.4, 0.5) is 0 Å². The number of hydrogen-bond acceptors (Lipinski definition) is 6. The first-order chi connectivity index (χ1) is 18.5. The molecule has 4 aromatic rings. The lowest BCUT2D eigenvalue weighted by Gasteiger charge is -2.62. The van der Waals surface area contributed by atoms with Gasteiger partial charge in [-0.25, -0.2) is 9.50 Å². The van der Waals surface area contributed by atoms with Gasteiger partial charge in [0.25, 0.3) is 5.56 Å². The average Bonchev–Trinajstić information content (AvgIpc) is 3.51. The van der Waals surface area contributed by atoms with E-state index < -0.39 is 17.1 Å². The topological polar surface area (TPSA) is 103 Å². The van der Waals surface area contributed by atoms with Crippen LogP contribution >= 0.6 is 0 Å².